The van der Waals surface area contributed by atoms with Crippen molar-refractivity contribution in [1.82, 2.24) is 4.90 Å². The molecule has 11 heavy (non-hydrogen) atoms. The molecule has 0 aliphatic carbocycles. The molecule has 0 N–H and O–H groups in total. The van der Waals surface area contributed by atoms with Crippen LogP contribution in [0, 0.1) is 0 Å². The Morgan fingerprint density at radius 2 is 2.09 bits per heavy atom. The van der Waals surface area contributed by atoms with Crippen LogP contribution in [0.5, 0.6) is 0 Å². The molecular weight excluding hydrogens is 142 g/mol. The van der Waals surface area contributed by atoms with Crippen molar-refractivity contribution < 1.29 is 9.53 Å². The molecule has 1 unspecified atom stereocenters. The largest absolute Gasteiger partial charge is 0.383 e. The van der Waals surface area contributed by atoms with Gasteiger partial charge < -0.3 is 9.64 Å². The third kappa shape index (κ3) is 4.56. The van der Waals surface area contributed by atoms with Crippen LogP contribution in [0.15, 0.2) is 12.3 Å². The van der Waals surface area contributed by atoms with E-state index in [0.717, 1.165) is 0 Å². The summed E-state index contributed by atoms with van der Waals surface area (Å²) < 4.78 is 4.82. The molecule has 0 heterocycles. The van der Waals surface area contributed by atoms with Crippen molar-refractivity contribution in [2.75, 3.05) is 21.2 Å². The summed E-state index contributed by atoms with van der Waals surface area (Å²) in [4.78, 5) is 12.8. The van der Waals surface area contributed by atoms with Crippen LogP contribution in [0.3, 0.4) is 0 Å². The molecule has 0 aliphatic rings. The van der Waals surface area contributed by atoms with Crippen molar-refractivity contribution in [3.8, 4) is 0 Å². The van der Waals surface area contributed by atoms with Gasteiger partial charge in [-0.3, -0.25) is 4.79 Å². The molecule has 64 valence electrons. The van der Waals surface area contributed by atoms with Crippen molar-refractivity contribution in [3.63, 3.8) is 0 Å². The minimum absolute atomic E-state index is 0.0128. The van der Waals surface area contributed by atoms with Crippen LogP contribution in [0.1, 0.15) is 6.92 Å². The molecule has 3 nitrogen and oxygen atoms in total. The lowest BCUT2D eigenvalue weighted by molar-refractivity contribution is -0.123. The molecule has 0 rings (SSSR count). The van der Waals surface area contributed by atoms with Crippen LogP contribution in [-0.4, -0.2) is 38.0 Å². The molecule has 0 radical (unpaired) electrons. The van der Waals surface area contributed by atoms with E-state index in [0.29, 0.717) is 0 Å². The van der Waals surface area contributed by atoms with Gasteiger partial charge in [0.1, 0.15) is 6.10 Å². The average molecular weight is 157 g/mol. The Kier molecular flexibility index (Phi) is 4.54. The fourth-order valence-corrected chi connectivity index (χ4v) is 0.474. The predicted molar refractivity (Wildman–Crippen MR) is 44.3 cm³/mol. The van der Waals surface area contributed by atoms with Crippen LogP contribution in [0.25, 0.3) is 0 Å². The number of ketones is 1. The van der Waals surface area contributed by atoms with Crippen LogP contribution in [0.4, 0.5) is 0 Å². The highest BCUT2D eigenvalue weighted by atomic mass is 16.5. The molecule has 0 aromatic carbocycles. The molecule has 0 aromatic rings. The van der Waals surface area contributed by atoms with Gasteiger partial charge in [0.2, 0.25) is 0 Å². The van der Waals surface area contributed by atoms with Crippen molar-refractivity contribution in [3.05, 3.63) is 12.3 Å². The normalized spacial score (nSPS) is 13.5. The first kappa shape index (κ1) is 10.2. The molecule has 1 atom stereocenters. The Morgan fingerprint density at radius 1 is 1.55 bits per heavy atom. The lowest BCUT2D eigenvalue weighted by Crippen LogP contribution is -2.17. The van der Waals surface area contributed by atoms with E-state index >= 15 is 0 Å². The zero-order chi connectivity index (χ0) is 8.85. The molecule has 0 fully saturated rings. The zero-order valence-electron chi connectivity index (χ0n) is 7.50. The second-order valence-corrected chi connectivity index (χ2v) is 2.56. The topological polar surface area (TPSA) is 29.5 Å². The highest BCUT2D eigenvalue weighted by Gasteiger charge is 2.06. The van der Waals surface area contributed by atoms with Gasteiger partial charge in [0, 0.05) is 27.4 Å². The van der Waals surface area contributed by atoms with Gasteiger partial charge in [0.25, 0.3) is 0 Å². The van der Waals surface area contributed by atoms with Crippen molar-refractivity contribution in [2.24, 2.45) is 0 Å². The van der Waals surface area contributed by atoms with E-state index in [1.165, 1.54) is 13.2 Å². The monoisotopic (exact) mass is 157 g/mol. The number of carbonyl (C=O) groups excluding carboxylic acids is 1. The lowest BCUT2D eigenvalue weighted by atomic mass is 10.2. The minimum Gasteiger partial charge on any atom is -0.383 e. The Labute approximate surface area is 67.6 Å². The fourth-order valence-electron chi connectivity index (χ4n) is 0.474. The van der Waals surface area contributed by atoms with Crippen molar-refractivity contribution in [1.29, 1.82) is 0 Å². The number of nitrogens with zero attached hydrogens (tertiary/aromatic N) is 1. The van der Waals surface area contributed by atoms with E-state index in [-0.39, 0.29) is 11.9 Å². The van der Waals surface area contributed by atoms with Crippen LogP contribution >= 0.6 is 0 Å². The molecule has 0 bridgehead atoms. The zero-order valence-corrected chi connectivity index (χ0v) is 7.50. The highest BCUT2D eigenvalue weighted by Crippen LogP contribution is 1.91. The standard InChI is InChI=1S/C8H15NO2/c1-7(11-4)8(10)5-6-9(2)3/h5-7H,1-4H3/b6-5+. The van der Waals surface area contributed by atoms with Gasteiger partial charge in [0.15, 0.2) is 5.78 Å². The highest BCUT2D eigenvalue weighted by molar-refractivity contribution is 5.93. The molecule has 0 amide bonds. The number of hydrogen-bond donors (Lipinski definition) is 0. The van der Waals surface area contributed by atoms with Gasteiger partial charge in [-0.05, 0) is 13.0 Å². The van der Waals surface area contributed by atoms with E-state index in [1.54, 1.807) is 18.0 Å². The van der Waals surface area contributed by atoms with Gasteiger partial charge in [-0.25, -0.2) is 0 Å². The molecule has 0 spiro atoms. The fraction of sp³-hybridized carbons (Fsp3) is 0.625. The average Bonchev–Trinajstić information content (AvgIpc) is 1.98. The first-order valence-corrected chi connectivity index (χ1v) is 3.49. The second kappa shape index (κ2) is 4.91. The Balaban J connectivity index is 3.86. The molecular formula is C8H15NO2. The first-order valence-electron chi connectivity index (χ1n) is 3.49. The van der Waals surface area contributed by atoms with E-state index in [2.05, 4.69) is 0 Å². The smallest absolute Gasteiger partial charge is 0.185 e. The molecule has 0 saturated carbocycles. The summed E-state index contributed by atoms with van der Waals surface area (Å²) in [5.41, 5.74) is 0. The molecule has 0 saturated heterocycles. The third-order valence-electron chi connectivity index (χ3n) is 1.29. The van der Waals surface area contributed by atoms with Gasteiger partial charge in [-0.1, -0.05) is 0 Å². The first-order chi connectivity index (χ1) is 5.07. The van der Waals surface area contributed by atoms with Crippen molar-refractivity contribution >= 4 is 5.78 Å². The predicted octanol–water partition coefficient (Wildman–Crippen LogP) is 0.666. The minimum atomic E-state index is -0.341. The summed E-state index contributed by atoms with van der Waals surface area (Å²) in [7, 11) is 5.24. The van der Waals surface area contributed by atoms with Crippen LogP contribution in [0.2, 0.25) is 0 Å². The summed E-state index contributed by atoms with van der Waals surface area (Å²) in [5.74, 6) is -0.0128. The maximum atomic E-state index is 11.0. The quantitative estimate of drug-likeness (QED) is 0.562. The Hall–Kier alpha value is -0.830. The van der Waals surface area contributed by atoms with E-state index in [1.807, 2.05) is 14.1 Å². The molecule has 3 heteroatoms. The van der Waals surface area contributed by atoms with Crippen LogP contribution < -0.4 is 0 Å². The van der Waals surface area contributed by atoms with Crippen LogP contribution in [-0.2, 0) is 9.53 Å². The van der Waals surface area contributed by atoms with E-state index in [9.17, 15) is 4.79 Å². The molecule has 0 aliphatic heterocycles. The summed E-state index contributed by atoms with van der Waals surface area (Å²) in [6.45, 7) is 1.72. The SMILES string of the molecule is COC(C)C(=O)/C=C/N(C)C. The molecule has 0 aromatic heterocycles. The summed E-state index contributed by atoms with van der Waals surface area (Å²) >= 11 is 0. The lowest BCUT2D eigenvalue weighted by Gasteiger charge is -2.06. The number of hydrogen-bond acceptors (Lipinski definition) is 3. The summed E-state index contributed by atoms with van der Waals surface area (Å²) in [6, 6.07) is 0. The van der Waals surface area contributed by atoms with Gasteiger partial charge in [-0.2, -0.15) is 0 Å². The third-order valence-corrected chi connectivity index (χ3v) is 1.29. The summed E-state index contributed by atoms with van der Waals surface area (Å²) in [5, 5.41) is 0. The van der Waals surface area contributed by atoms with Gasteiger partial charge in [0.05, 0.1) is 0 Å². The maximum Gasteiger partial charge on any atom is 0.185 e. The second-order valence-electron chi connectivity index (χ2n) is 2.56. The number of carbonyl (C=O) groups is 1. The van der Waals surface area contributed by atoms with E-state index < -0.39 is 0 Å². The number of methoxy groups -OCH3 is 1. The maximum absolute atomic E-state index is 11.0. The van der Waals surface area contributed by atoms with Gasteiger partial charge >= 0.3 is 0 Å². The van der Waals surface area contributed by atoms with E-state index in [4.69, 9.17) is 4.74 Å². The van der Waals surface area contributed by atoms with Crippen molar-refractivity contribution in [2.45, 2.75) is 13.0 Å². The van der Waals surface area contributed by atoms with Gasteiger partial charge in [-0.15, -0.1) is 0 Å². The summed E-state index contributed by atoms with van der Waals surface area (Å²) in [6.07, 6.45) is 2.87. The Bertz CT molecular complexity index is 152. The number of rotatable bonds is 4. The number of ether oxygens (including phenoxy) is 1. The Morgan fingerprint density at radius 3 is 2.45 bits per heavy atom.